The summed E-state index contributed by atoms with van der Waals surface area (Å²) in [6.07, 6.45) is 13.4. The zero-order valence-corrected chi connectivity index (χ0v) is 13.5. The van der Waals surface area contributed by atoms with Gasteiger partial charge in [0, 0.05) is 18.9 Å². The van der Waals surface area contributed by atoms with Gasteiger partial charge >= 0.3 is 0 Å². The molecule has 3 aromatic rings. The van der Waals surface area contributed by atoms with Crippen molar-refractivity contribution in [1.29, 1.82) is 0 Å². The topological polar surface area (TPSA) is 77.5 Å². The average molecular weight is 322 g/mol. The first-order chi connectivity index (χ1) is 11.8. The summed E-state index contributed by atoms with van der Waals surface area (Å²) in [6, 6.07) is 0. The maximum absolute atomic E-state index is 4.87. The van der Waals surface area contributed by atoms with Gasteiger partial charge in [-0.1, -0.05) is 6.92 Å². The molecule has 8 heteroatoms. The van der Waals surface area contributed by atoms with Crippen LogP contribution in [0, 0.1) is 0 Å². The molecule has 122 valence electrons. The highest BCUT2D eigenvalue weighted by Gasteiger charge is 2.47. The normalized spacial score (nSPS) is 22.0. The summed E-state index contributed by atoms with van der Waals surface area (Å²) in [4.78, 5) is 15.9. The molecule has 0 spiro atoms. The Hall–Kier alpha value is -2.77. The second kappa shape index (κ2) is 4.86. The number of rotatable bonds is 2. The number of hydrogen-bond acceptors (Lipinski definition) is 6. The van der Waals surface area contributed by atoms with Crippen LogP contribution < -0.4 is 4.90 Å². The second-order valence-electron chi connectivity index (χ2n) is 6.37. The first-order valence-corrected chi connectivity index (χ1v) is 8.37. The van der Waals surface area contributed by atoms with E-state index >= 15 is 0 Å². The van der Waals surface area contributed by atoms with Crippen LogP contribution in [0.5, 0.6) is 0 Å². The van der Waals surface area contributed by atoms with Crippen molar-refractivity contribution in [3.8, 4) is 11.6 Å². The zero-order chi connectivity index (χ0) is 16.1. The standard InChI is InChI=1S/C16H18N8/c1-2-16-5-3-4-7-24(16)13-12(23-11-19-21-14(16)23)9-18-15(20-13)22-8-6-17-10-22/h6,8-11H,2-5,7H2,1H3/t16-/m0/s1. The lowest BCUT2D eigenvalue weighted by Gasteiger charge is -2.49. The molecule has 1 saturated heterocycles. The van der Waals surface area contributed by atoms with Crippen LogP contribution in [0.25, 0.3) is 11.6 Å². The molecule has 0 N–H and O–H groups in total. The highest BCUT2D eigenvalue weighted by Crippen LogP contribution is 2.47. The Balaban J connectivity index is 1.76. The van der Waals surface area contributed by atoms with Crippen LogP contribution in [0.1, 0.15) is 38.4 Å². The van der Waals surface area contributed by atoms with Gasteiger partial charge in [0.15, 0.2) is 11.6 Å². The molecule has 0 radical (unpaired) electrons. The van der Waals surface area contributed by atoms with Gasteiger partial charge in [-0.25, -0.2) is 9.97 Å². The van der Waals surface area contributed by atoms with Crippen molar-refractivity contribution in [1.82, 2.24) is 34.3 Å². The zero-order valence-electron chi connectivity index (χ0n) is 13.5. The Labute approximate surface area is 139 Å². The molecule has 2 aliphatic heterocycles. The monoisotopic (exact) mass is 322 g/mol. The summed E-state index contributed by atoms with van der Waals surface area (Å²) >= 11 is 0. The van der Waals surface area contributed by atoms with E-state index in [0.29, 0.717) is 5.95 Å². The summed E-state index contributed by atoms with van der Waals surface area (Å²) in [5, 5.41) is 8.63. The van der Waals surface area contributed by atoms with Crippen LogP contribution in [0.2, 0.25) is 0 Å². The largest absolute Gasteiger partial charge is 0.342 e. The van der Waals surface area contributed by atoms with Crippen molar-refractivity contribution in [2.75, 3.05) is 11.4 Å². The second-order valence-corrected chi connectivity index (χ2v) is 6.37. The van der Waals surface area contributed by atoms with E-state index in [1.54, 1.807) is 18.9 Å². The van der Waals surface area contributed by atoms with E-state index in [2.05, 4.69) is 36.6 Å². The number of aromatic nitrogens is 7. The summed E-state index contributed by atoms with van der Waals surface area (Å²) in [6.45, 7) is 3.20. The van der Waals surface area contributed by atoms with E-state index in [1.807, 2.05) is 17.0 Å². The van der Waals surface area contributed by atoms with Crippen molar-refractivity contribution < 1.29 is 0 Å². The quantitative estimate of drug-likeness (QED) is 0.716. The summed E-state index contributed by atoms with van der Waals surface area (Å²) in [7, 11) is 0. The Kier molecular flexibility index (Phi) is 2.76. The number of nitrogens with zero attached hydrogens (tertiary/aromatic N) is 8. The van der Waals surface area contributed by atoms with Crippen molar-refractivity contribution >= 4 is 5.82 Å². The van der Waals surface area contributed by atoms with Gasteiger partial charge in [-0.2, -0.15) is 4.98 Å². The van der Waals surface area contributed by atoms with Crippen molar-refractivity contribution in [3.63, 3.8) is 0 Å². The highest BCUT2D eigenvalue weighted by atomic mass is 15.4. The van der Waals surface area contributed by atoms with Gasteiger partial charge in [0.25, 0.3) is 0 Å². The number of fused-ring (bicyclic) bond motifs is 6. The molecule has 0 bridgehead atoms. The molecule has 5 heterocycles. The van der Waals surface area contributed by atoms with Crippen LogP contribution >= 0.6 is 0 Å². The molecule has 2 aliphatic rings. The van der Waals surface area contributed by atoms with Crippen molar-refractivity contribution in [3.05, 3.63) is 37.1 Å². The molecular formula is C16H18N8. The number of hydrogen-bond donors (Lipinski definition) is 0. The van der Waals surface area contributed by atoms with Crippen LogP contribution in [0.15, 0.2) is 31.2 Å². The van der Waals surface area contributed by atoms with E-state index in [-0.39, 0.29) is 5.54 Å². The molecule has 24 heavy (non-hydrogen) atoms. The first-order valence-electron chi connectivity index (χ1n) is 8.37. The van der Waals surface area contributed by atoms with Gasteiger partial charge in [-0.05, 0) is 25.7 Å². The van der Waals surface area contributed by atoms with Crippen LogP contribution in [0.3, 0.4) is 0 Å². The minimum Gasteiger partial charge on any atom is -0.342 e. The van der Waals surface area contributed by atoms with E-state index in [9.17, 15) is 0 Å². The van der Waals surface area contributed by atoms with Gasteiger partial charge in [-0.15, -0.1) is 10.2 Å². The van der Waals surface area contributed by atoms with Crippen LogP contribution in [-0.2, 0) is 5.54 Å². The lowest BCUT2D eigenvalue weighted by Crippen LogP contribution is -2.53. The van der Waals surface area contributed by atoms with E-state index in [1.165, 1.54) is 12.8 Å². The Morgan fingerprint density at radius 1 is 1.25 bits per heavy atom. The Morgan fingerprint density at radius 3 is 3.04 bits per heavy atom. The van der Waals surface area contributed by atoms with E-state index in [4.69, 9.17) is 4.98 Å². The Bertz CT molecular complexity index is 883. The summed E-state index contributed by atoms with van der Waals surface area (Å²) in [5.41, 5.74) is 0.826. The first kappa shape index (κ1) is 13.6. The maximum atomic E-state index is 4.87. The Morgan fingerprint density at radius 2 is 2.21 bits per heavy atom. The maximum Gasteiger partial charge on any atom is 0.236 e. The fourth-order valence-electron chi connectivity index (χ4n) is 4.06. The smallest absolute Gasteiger partial charge is 0.236 e. The molecule has 1 fully saturated rings. The third-order valence-corrected chi connectivity index (χ3v) is 5.28. The third kappa shape index (κ3) is 1.65. The van der Waals surface area contributed by atoms with Gasteiger partial charge in [0.1, 0.15) is 23.9 Å². The molecule has 0 aromatic carbocycles. The number of anilines is 1. The van der Waals surface area contributed by atoms with Gasteiger partial charge in [0.2, 0.25) is 5.95 Å². The molecule has 5 rings (SSSR count). The summed E-state index contributed by atoms with van der Waals surface area (Å²) in [5.74, 6) is 2.61. The van der Waals surface area contributed by atoms with Crippen LogP contribution in [0.4, 0.5) is 5.82 Å². The minimum atomic E-state index is -0.123. The molecule has 1 atom stereocenters. The average Bonchev–Trinajstić information content (AvgIpc) is 3.33. The van der Waals surface area contributed by atoms with Crippen LogP contribution in [-0.4, -0.2) is 40.8 Å². The van der Waals surface area contributed by atoms with Gasteiger partial charge in [0.05, 0.1) is 6.20 Å². The van der Waals surface area contributed by atoms with E-state index in [0.717, 1.165) is 36.7 Å². The fraction of sp³-hybridized carbons (Fsp3) is 0.438. The minimum absolute atomic E-state index is 0.123. The van der Waals surface area contributed by atoms with Gasteiger partial charge in [-0.3, -0.25) is 9.13 Å². The number of imidazole rings is 1. The molecule has 0 unspecified atom stereocenters. The lowest BCUT2D eigenvalue weighted by atomic mass is 9.82. The molecule has 8 nitrogen and oxygen atoms in total. The third-order valence-electron chi connectivity index (χ3n) is 5.28. The molecule has 0 saturated carbocycles. The molecule has 3 aromatic heterocycles. The predicted octanol–water partition coefficient (Wildman–Crippen LogP) is 1.85. The van der Waals surface area contributed by atoms with E-state index < -0.39 is 0 Å². The van der Waals surface area contributed by atoms with Crippen molar-refractivity contribution in [2.24, 2.45) is 0 Å². The predicted molar refractivity (Wildman–Crippen MR) is 87.2 cm³/mol. The van der Waals surface area contributed by atoms with Crippen molar-refractivity contribution in [2.45, 2.75) is 38.1 Å². The highest BCUT2D eigenvalue weighted by molar-refractivity contribution is 5.63. The van der Waals surface area contributed by atoms with Gasteiger partial charge < -0.3 is 4.90 Å². The fourth-order valence-corrected chi connectivity index (χ4v) is 4.06. The lowest BCUT2D eigenvalue weighted by molar-refractivity contribution is 0.274. The SMILES string of the molecule is CC[C@@]12CCCCN1c1nc(-n3ccnc3)ncc1-n1cnnc12. The number of piperidine rings is 1. The molecule has 0 aliphatic carbocycles. The summed E-state index contributed by atoms with van der Waals surface area (Å²) < 4.78 is 3.89. The molecular weight excluding hydrogens is 304 g/mol. The molecule has 0 amide bonds.